The van der Waals surface area contributed by atoms with Crippen LogP contribution in [0.2, 0.25) is 0 Å². The molecule has 1 heterocycles. The predicted molar refractivity (Wildman–Crippen MR) is 82.8 cm³/mol. The summed E-state index contributed by atoms with van der Waals surface area (Å²) in [6, 6.07) is 11.5. The average molecular weight is 266 g/mol. The van der Waals surface area contributed by atoms with Crippen LogP contribution in [-0.2, 0) is 12.8 Å². The number of hydrogen-bond donors (Lipinski definition) is 1. The maximum absolute atomic E-state index is 4.12. The second-order valence-electron chi connectivity index (χ2n) is 5.51. The van der Waals surface area contributed by atoms with Crippen LogP contribution >= 0.6 is 0 Å². The highest BCUT2D eigenvalue weighted by molar-refractivity contribution is 5.38. The monoisotopic (exact) mass is 266 g/mol. The van der Waals surface area contributed by atoms with Gasteiger partial charge in [-0.3, -0.25) is 4.98 Å². The zero-order valence-electron chi connectivity index (χ0n) is 12.1. The van der Waals surface area contributed by atoms with Gasteiger partial charge in [-0.1, -0.05) is 25.1 Å². The molecule has 0 saturated heterocycles. The Hall–Kier alpha value is -1.67. The molecule has 2 heteroatoms. The molecule has 1 unspecified atom stereocenters. The third-order valence-corrected chi connectivity index (χ3v) is 4.15. The van der Waals surface area contributed by atoms with Gasteiger partial charge in [-0.15, -0.1) is 0 Å². The molecule has 0 fully saturated rings. The van der Waals surface area contributed by atoms with Crippen LogP contribution in [0.3, 0.4) is 0 Å². The Morgan fingerprint density at radius 2 is 1.75 bits per heavy atom. The van der Waals surface area contributed by atoms with Crippen molar-refractivity contribution in [1.82, 2.24) is 10.3 Å². The first-order chi connectivity index (χ1) is 9.88. The first kappa shape index (κ1) is 13.3. The molecule has 0 saturated carbocycles. The maximum atomic E-state index is 4.12. The molecule has 3 rings (SSSR count). The number of nitrogens with zero attached hydrogens (tertiary/aromatic N) is 1. The lowest BCUT2D eigenvalue weighted by atomic mass is 9.88. The summed E-state index contributed by atoms with van der Waals surface area (Å²) in [6.07, 6.45) is 8.90. The molecular formula is C18H22N2. The van der Waals surface area contributed by atoms with E-state index in [9.17, 15) is 0 Å². The zero-order valence-corrected chi connectivity index (χ0v) is 12.1. The standard InChI is InChI=1S/C18H22N2/c1-2-20-18(15-9-11-19-12-10-15)17-8-7-14-5-3-4-6-16(14)13-17/h7-13,18,20H,2-6H2,1H3. The molecule has 104 valence electrons. The quantitative estimate of drug-likeness (QED) is 0.913. The van der Waals surface area contributed by atoms with Crippen LogP contribution in [0, 0.1) is 0 Å². The first-order valence-electron chi connectivity index (χ1n) is 7.63. The fourth-order valence-electron chi connectivity index (χ4n) is 3.12. The summed E-state index contributed by atoms with van der Waals surface area (Å²) in [5.41, 5.74) is 5.76. The van der Waals surface area contributed by atoms with Crippen LogP contribution in [0.25, 0.3) is 0 Å². The van der Waals surface area contributed by atoms with E-state index in [0.29, 0.717) is 0 Å². The van der Waals surface area contributed by atoms with Gasteiger partial charge in [-0.25, -0.2) is 0 Å². The lowest BCUT2D eigenvalue weighted by molar-refractivity contribution is 0.625. The molecule has 0 radical (unpaired) electrons. The molecule has 1 aromatic heterocycles. The van der Waals surface area contributed by atoms with Crippen molar-refractivity contribution in [3.63, 3.8) is 0 Å². The number of aromatic nitrogens is 1. The highest BCUT2D eigenvalue weighted by Gasteiger charge is 2.16. The van der Waals surface area contributed by atoms with Crippen LogP contribution < -0.4 is 5.32 Å². The molecule has 1 aromatic carbocycles. The number of rotatable bonds is 4. The topological polar surface area (TPSA) is 24.9 Å². The Morgan fingerprint density at radius 3 is 2.50 bits per heavy atom. The van der Waals surface area contributed by atoms with Crippen molar-refractivity contribution < 1.29 is 0 Å². The van der Waals surface area contributed by atoms with Gasteiger partial charge in [-0.05, 0) is 66.6 Å². The van der Waals surface area contributed by atoms with E-state index in [1.54, 1.807) is 11.1 Å². The average Bonchev–Trinajstić information content (AvgIpc) is 2.53. The van der Waals surface area contributed by atoms with E-state index in [1.165, 1.54) is 36.8 Å². The second-order valence-corrected chi connectivity index (χ2v) is 5.51. The number of nitrogens with one attached hydrogen (secondary N) is 1. The lowest BCUT2D eigenvalue weighted by Crippen LogP contribution is -2.22. The van der Waals surface area contributed by atoms with Gasteiger partial charge < -0.3 is 5.32 Å². The molecule has 1 aliphatic rings. The number of pyridine rings is 1. The van der Waals surface area contributed by atoms with E-state index in [2.05, 4.69) is 47.6 Å². The summed E-state index contributed by atoms with van der Waals surface area (Å²) >= 11 is 0. The summed E-state index contributed by atoms with van der Waals surface area (Å²) in [6.45, 7) is 3.12. The van der Waals surface area contributed by atoms with Gasteiger partial charge in [0, 0.05) is 12.4 Å². The van der Waals surface area contributed by atoms with Gasteiger partial charge in [-0.2, -0.15) is 0 Å². The van der Waals surface area contributed by atoms with Crippen molar-refractivity contribution in [2.24, 2.45) is 0 Å². The van der Waals surface area contributed by atoms with Crippen molar-refractivity contribution in [2.45, 2.75) is 38.6 Å². The molecule has 1 atom stereocenters. The molecule has 2 nitrogen and oxygen atoms in total. The first-order valence-corrected chi connectivity index (χ1v) is 7.63. The van der Waals surface area contributed by atoms with E-state index >= 15 is 0 Å². The molecule has 1 N–H and O–H groups in total. The van der Waals surface area contributed by atoms with Gasteiger partial charge in [0.25, 0.3) is 0 Å². The zero-order chi connectivity index (χ0) is 13.8. The Kier molecular flexibility index (Phi) is 4.12. The minimum absolute atomic E-state index is 0.273. The van der Waals surface area contributed by atoms with Crippen molar-refractivity contribution in [1.29, 1.82) is 0 Å². The summed E-state index contributed by atoms with van der Waals surface area (Å²) < 4.78 is 0. The van der Waals surface area contributed by atoms with Crippen LogP contribution in [-0.4, -0.2) is 11.5 Å². The summed E-state index contributed by atoms with van der Waals surface area (Å²) in [7, 11) is 0. The highest BCUT2D eigenvalue weighted by atomic mass is 14.9. The Balaban J connectivity index is 1.95. The van der Waals surface area contributed by atoms with Crippen LogP contribution in [0.5, 0.6) is 0 Å². The Labute approximate surface area is 121 Å². The van der Waals surface area contributed by atoms with E-state index in [4.69, 9.17) is 0 Å². The highest BCUT2D eigenvalue weighted by Crippen LogP contribution is 2.27. The number of benzene rings is 1. The minimum Gasteiger partial charge on any atom is -0.307 e. The number of aryl methyl sites for hydroxylation is 2. The molecule has 0 bridgehead atoms. The molecule has 0 amide bonds. The molecule has 0 aliphatic heterocycles. The van der Waals surface area contributed by atoms with Gasteiger partial charge >= 0.3 is 0 Å². The van der Waals surface area contributed by atoms with Crippen molar-refractivity contribution >= 4 is 0 Å². The summed E-state index contributed by atoms with van der Waals surface area (Å²) in [5, 5.41) is 3.59. The predicted octanol–water partition coefficient (Wildman–Crippen LogP) is 3.66. The van der Waals surface area contributed by atoms with Crippen molar-refractivity contribution in [3.8, 4) is 0 Å². The van der Waals surface area contributed by atoms with Gasteiger partial charge in [0.2, 0.25) is 0 Å². The minimum atomic E-state index is 0.273. The van der Waals surface area contributed by atoms with Gasteiger partial charge in [0.1, 0.15) is 0 Å². The fraction of sp³-hybridized carbons (Fsp3) is 0.389. The molecule has 0 spiro atoms. The van der Waals surface area contributed by atoms with E-state index in [-0.39, 0.29) is 6.04 Å². The van der Waals surface area contributed by atoms with E-state index < -0.39 is 0 Å². The molecule has 20 heavy (non-hydrogen) atoms. The van der Waals surface area contributed by atoms with Gasteiger partial charge in [0.05, 0.1) is 6.04 Å². The Morgan fingerprint density at radius 1 is 1.00 bits per heavy atom. The third-order valence-electron chi connectivity index (χ3n) is 4.15. The SMILES string of the molecule is CCNC(c1ccncc1)c1ccc2c(c1)CCCC2. The lowest BCUT2D eigenvalue weighted by Gasteiger charge is -2.22. The van der Waals surface area contributed by atoms with Crippen LogP contribution in [0.1, 0.15) is 48.1 Å². The van der Waals surface area contributed by atoms with Gasteiger partial charge in [0.15, 0.2) is 0 Å². The van der Waals surface area contributed by atoms with Crippen molar-refractivity contribution in [3.05, 3.63) is 65.0 Å². The maximum Gasteiger partial charge on any atom is 0.0577 e. The van der Waals surface area contributed by atoms with Crippen LogP contribution in [0.4, 0.5) is 0 Å². The third kappa shape index (κ3) is 2.75. The Bertz CT molecular complexity index is 563. The molecule has 2 aromatic rings. The molecule has 1 aliphatic carbocycles. The molecular weight excluding hydrogens is 244 g/mol. The van der Waals surface area contributed by atoms with E-state index in [0.717, 1.165) is 6.54 Å². The number of fused-ring (bicyclic) bond motifs is 1. The largest absolute Gasteiger partial charge is 0.307 e. The fourth-order valence-corrected chi connectivity index (χ4v) is 3.12. The summed E-state index contributed by atoms with van der Waals surface area (Å²) in [4.78, 5) is 4.12. The number of hydrogen-bond acceptors (Lipinski definition) is 2. The van der Waals surface area contributed by atoms with E-state index in [1.807, 2.05) is 12.4 Å². The normalized spacial score (nSPS) is 15.7. The second kappa shape index (κ2) is 6.19. The van der Waals surface area contributed by atoms with Crippen LogP contribution in [0.15, 0.2) is 42.7 Å². The smallest absolute Gasteiger partial charge is 0.0577 e. The summed E-state index contributed by atoms with van der Waals surface area (Å²) in [5.74, 6) is 0. The van der Waals surface area contributed by atoms with Crippen molar-refractivity contribution in [2.75, 3.05) is 6.54 Å².